The molecule has 0 aliphatic heterocycles. The van der Waals surface area contributed by atoms with E-state index in [1.165, 1.54) is 6.07 Å². The molecule has 0 aliphatic carbocycles. The van der Waals surface area contributed by atoms with Gasteiger partial charge in [-0.1, -0.05) is 65.8 Å². The van der Waals surface area contributed by atoms with Crippen LogP contribution in [0.5, 0.6) is 11.5 Å². The first-order valence-electron chi connectivity index (χ1n) is 11.5. The molecule has 0 saturated heterocycles. The van der Waals surface area contributed by atoms with Crippen LogP contribution < -0.4 is 4.74 Å². The first-order chi connectivity index (χ1) is 16.0. The number of rotatable bonds is 8. The van der Waals surface area contributed by atoms with Gasteiger partial charge in [0.2, 0.25) is 0 Å². The highest BCUT2D eigenvalue weighted by Gasteiger charge is 2.35. The Morgan fingerprint density at radius 2 is 1.65 bits per heavy atom. The van der Waals surface area contributed by atoms with Crippen LogP contribution in [0.1, 0.15) is 70.8 Å². The van der Waals surface area contributed by atoms with Crippen LogP contribution >= 0.6 is 0 Å². The summed E-state index contributed by atoms with van der Waals surface area (Å²) in [5.74, 6) is -0.0660. The van der Waals surface area contributed by atoms with E-state index in [-0.39, 0.29) is 23.7 Å². The molecule has 0 fully saturated rings. The molecule has 0 bridgehead atoms. The number of hydrogen-bond acceptors (Lipinski definition) is 5. The highest BCUT2D eigenvalue weighted by atomic mass is 19.1. The standard InChI is InChI=1S/C28H33FN2O3/c1-7-28(5,6)26-30-16-20(17-31-26)24(27(2,3)4)25(32)33-18-19-13-14-22(29)23(15-19)34-21-11-9-8-10-12-21/h8-17,24H,7,18H2,1-6H3. The number of hydrogen-bond donors (Lipinski definition) is 0. The number of aromatic nitrogens is 2. The van der Waals surface area contributed by atoms with E-state index in [0.717, 1.165) is 12.2 Å². The van der Waals surface area contributed by atoms with Crippen molar-refractivity contribution >= 4 is 5.97 Å². The van der Waals surface area contributed by atoms with Gasteiger partial charge in [-0.3, -0.25) is 4.79 Å². The number of nitrogens with zero attached hydrogens (tertiary/aromatic N) is 2. The lowest BCUT2D eigenvalue weighted by atomic mass is 9.77. The van der Waals surface area contributed by atoms with Crippen molar-refractivity contribution in [3.8, 4) is 11.5 Å². The Bertz CT molecular complexity index is 1110. The predicted octanol–water partition coefficient (Wildman–Crippen LogP) is 6.97. The molecule has 0 amide bonds. The van der Waals surface area contributed by atoms with Gasteiger partial charge in [-0.15, -0.1) is 0 Å². The fraction of sp³-hybridized carbons (Fsp3) is 0.393. The summed E-state index contributed by atoms with van der Waals surface area (Å²) >= 11 is 0. The summed E-state index contributed by atoms with van der Waals surface area (Å²) in [6.45, 7) is 12.2. The molecule has 1 heterocycles. The van der Waals surface area contributed by atoms with E-state index >= 15 is 0 Å². The van der Waals surface area contributed by atoms with E-state index in [0.29, 0.717) is 16.9 Å². The first kappa shape index (κ1) is 25.3. The van der Waals surface area contributed by atoms with Crippen LogP contribution in [0.15, 0.2) is 60.9 Å². The third-order valence-corrected chi connectivity index (χ3v) is 5.94. The molecular formula is C28H33FN2O3. The summed E-state index contributed by atoms with van der Waals surface area (Å²) in [4.78, 5) is 22.2. The van der Waals surface area contributed by atoms with Crippen molar-refractivity contribution in [2.75, 3.05) is 0 Å². The average molecular weight is 465 g/mol. The summed E-state index contributed by atoms with van der Waals surface area (Å²) in [7, 11) is 0. The molecule has 0 spiro atoms. The molecule has 5 nitrogen and oxygen atoms in total. The molecule has 34 heavy (non-hydrogen) atoms. The summed E-state index contributed by atoms with van der Waals surface area (Å²) in [5.41, 5.74) is 0.787. The molecule has 3 rings (SSSR count). The normalized spacial score (nSPS) is 12.8. The Hall–Kier alpha value is -3.28. The summed E-state index contributed by atoms with van der Waals surface area (Å²) < 4.78 is 25.6. The van der Waals surface area contributed by atoms with Gasteiger partial charge >= 0.3 is 5.97 Å². The SMILES string of the molecule is CCC(C)(C)c1ncc(C(C(=O)OCc2ccc(F)c(Oc3ccccc3)c2)C(C)(C)C)cn1. The van der Waals surface area contributed by atoms with Crippen molar-refractivity contribution in [3.05, 3.63) is 83.7 Å². The summed E-state index contributed by atoms with van der Waals surface area (Å²) in [5, 5.41) is 0. The highest BCUT2D eigenvalue weighted by molar-refractivity contribution is 5.79. The van der Waals surface area contributed by atoms with Gasteiger partial charge in [-0.25, -0.2) is 14.4 Å². The van der Waals surface area contributed by atoms with E-state index < -0.39 is 17.2 Å². The van der Waals surface area contributed by atoms with Crippen LogP contribution in [0.25, 0.3) is 0 Å². The fourth-order valence-electron chi connectivity index (χ4n) is 3.55. The van der Waals surface area contributed by atoms with Crippen molar-refractivity contribution in [1.29, 1.82) is 0 Å². The van der Waals surface area contributed by atoms with Gasteiger partial charge < -0.3 is 9.47 Å². The molecule has 3 aromatic rings. The zero-order valence-electron chi connectivity index (χ0n) is 20.8. The highest BCUT2D eigenvalue weighted by Crippen LogP contribution is 2.36. The van der Waals surface area contributed by atoms with E-state index in [2.05, 4.69) is 30.7 Å². The van der Waals surface area contributed by atoms with Crippen molar-refractivity contribution < 1.29 is 18.7 Å². The third kappa shape index (κ3) is 6.19. The smallest absolute Gasteiger partial charge is 0.314 e. The summed E-state index contributed by atoms with van der Waals surface area (Å²) in [6.07, 6.45) is 4.35. The van der Waals surface area contributed by atoms with Gasteiger partial charge in [0.25, 0.3) is 0 Å². The lowest BCUT2D eigenvalue weighted by Gasteiger charge is -2.29. The van der Waals surface area contributed by atoms with E-state index in [4.69, 9.17) is 9.47 Å². The maximum absolute atomic E-state index is 14.3. The van der Waals surface area contributed by atoms with Crippen LogP contribution in [-0.2, 0) is 21.6 Å². The topological polar surface area (TPSA) is 61.3 Å². The van der Waals surface area contributed by atoms with Gasteiger partial charge in [0, 0.05) is 23.4 Å². The van der Waals surface area contributed by atoms with Crippen LogP contribution in [-0.4, -0.2) is 15.9 Å². The van der Waals surface area contributed by atoms with E-state index in [1.54, 1.807) is 36.7 Å². The largest absolute Gasteiger partial charge is 0.460 e. The van der Waals surface area contributed by atoms with Crippen LogP contribution in [0, 0.1) is 11.2 Å². The Morgan fingerprint density at radius 1 is 1.00 bits per heavy atom. The van der Waals surface area contributed by atoms with Crippen molar-refractivity contribution in [2.45, 2.75) is 65.9 Å². The molecule has 1 atom stereocenters. The van der Waals surface area contributed by atoms with Crippen LogP contribution in [0.3, 0.4) is 0 Å². The fourth-order valence-corrected chi connectivity index (χ4v) is 3.55. The average Bonchev–Trinajstić information content (AvgIpc) is 2.80. The minimum absolute atomic E-state index is 0.00134. The number of ether oxygens (including phenoxy) is 2. The molecule has 0 aliphatic rings. The summed E-state index contributed by atoms with van der Waals surface area (Å²) in [6, 6.07) is 13.4. The lowest BCUT2D eigenvalue weighted by Crippen LogP contribution is -2.29. The maximum Gasteiger partial charge on any atom is 0.314 e. The third-order valence-electron chi connectivity index (χ3n) is 5.94. The molecule has 180 valence electrons. The Labute approximate surface area is 201 Å². The molecule has 1 unspecified atom stereocenters. The van der Waals surface area contributed by atoms with Gasteiger partial charge in [0.05, 0.1) is 5.92 Å². The Balaban J connectivity index is 1.75. The molecule has 0 radical (unpaired) electrons. The van der Waals surface area contributed by atoms with Gasteiger partial charge in [-0.05, 0) is 41.7 Å². The minimum atomic E-state index is -0.549. The molecular weight excluding hydrogens is 431 g/mol. The van der Waals surface area contributed by atoms with Gasteiger partial charge in [0.1, 0.15) is 18.2 Å². The van der Waals surface area contributed by atoms with Crippen LogP contribution in [0.4, 0.5) is 4.39 Å². The molecule has 0 saturated carbocycles. The number of halogens is 1. The Morgan fingerprint density at radius 3 is 2.24 bits per heavy atom. The maximum atomic E-state index is 14.3. The Kier molecular flexibility index (Phi) is 7.70. The van der Waals surface area contributed by atoms with E-state index in [1.807, 2.05) is 39.0 Å². The minimum Gasteiger partial charge on any atom is -0.460 e. The number of benzene rings is 2. The number of esters is 1. The molecule has 0 N–H and O–H groups in total. The van der Waals surface area contributed by atoms with Crippen molar-refractivity contribution in [1.82, 2.24) is 9.97 Å². The van der Waals surface area contributed by atoms with Gasteiger partial charge in [0.15, 0.2) is 11.6 Å². The van der Waals surface area contributed by atoms with Crippen molar-refractivity contribution in [2.24, 2.45) is 5.41 Å². The monoisotopic (exact) mass is 464 g/mol. The quantitative estimate of drug-likeness (QED) is 0.337. The van der Waals surface area contributed by atoms with E-state index in [9.17, 15) is 9.18 Å². The number of para-hydroxylation sites is 1. The predicted molar refractivity (Wildman–Crippen MR) is 130 cm³/mol. The lowest BCUT2D eigenvalue weighted by molar-refractivity contribution is -0.149. The van der Waals surface area contributed by atoms with Crippen molar-refractivity contribution in [3.63, 3.8) is 0 Å². The second-order valence-electron chi connectivity index (χ2n) is 10.2. The number of carbonyl (C=O) groups is 1. The number of carbonyl (C=O) groups excluding carboxylic acids is 1. The molecule has 2 aromatic carbocycles. The van der Waals surface area contributed by atoms with Crippen LogP contribution in [0.2, 0.25) is 0 Å². The second-order valence-corrected chi connectivity index (χ2v) is 10.2. The zero-order valence-corrected chi connectivity index (χ0v) is 20.8. The first-order valence-corrected chi connectivity index (χ1v) is 11.5. The van der Waals surface area contributed by atoms with Gasteiger partial charge in [-0.2, -0.15) is 0 Å². The molecule has 6 heteroatoms. The zero-order chi connectivity index (χ0) is 24.9. The second kappa shape index (κ2) is 10.3. The molecule has 1 aromatic heterocycles.